The molecule has 0 aromatic heterocycles. The van der Waals surface area contributed by atoms with Gasteiger partial charge in [0.15, 0.2) is 0 Å². The zero-order valence-electron chi connectivity index (χ0n) is 3.60. The summed E-state index contributed by atoms with van der Waals surface area (Å²) in [6.45, 7) is 0.0139. The molecule has 3 nitrogen and oxygen atoms in total. The molecule has 0 aliphatic rings. The molecule has 0 radical (unpaired) electrons. The topological polar surface area (TPSA) is 52.3 Å². The van der Waals surface area contributed by atoms with Crippen LogP contribution in [0.2, 0.25) is 0 Å². The molecule has 0 rings (SSSR count). The molecule has 0 unspecified atom stereocenters. The maximum absolute atomic E-state index is 9.70. The average Bonchev–Trinajstić information content (AvgIpc) is 1.35. The van der Waals surface area contributed by atoms with E-state index in [0.29, 0.717) is 0 Å². The minimum Gasteiger partial charge on any atom is -0.375 e. The van der Waals surface area contributed by atoms with E-state index < -0.39 is 5.91 Å². The fraction of sp³-hybridized carbons (Fsp3) is 0.667. The number of nitrogens with two attached hydrogens (primary N) is 1. The van der Waals surface area contributed by atoms with Gasteiger partial charge in [-0.1, -0.05) is 0 Å². The molecule has 0 aromatic carbocycles. The van der Waals surface area contributed by atoms with E-state index in [1.54, 1.807) is 0 Å². The van der Waals surface area contributed by atoms with E-state index in [1.165, 1.54) is 7.11 Å². The number of methoxy groups -OCH3 is 1. The number of carbonyl (C=O) groups excluding carboxylic acids is 1. The molecule has 0 spiro atoms. The van der Waals surface area contributed by atoms with Crippen LogP contribution in [-0.4, -0.2) is 19.6 Å². The van der Waals surface area contributed by atoms with Crippen LogP contribution in [-0.2, 0) is 9.53 Å². The van der Waals surface area contributed by atoms with Crippen molar-refractivity contribution in [2.24, 2.45) is 5.73 Å². The molecule has 0 aromatic rings. The number of amides is 1. The van der Waals surface area contributed by atoms with Gasteiger partial charge in [-0.2, -0.15) is 0 Å². The molecule has 38 valence electrons. The van der Waals surface area contributed by atoms with Crippen LogP contribution in [0.5, 0.6) is 0 Å². The van der Waals surface area contributed by atoms with Crippen molar-refractivity contribution in [2.75, 3.05) is 13.7 Å². The zero-order chi connectivity index (χ0) is 4.99. The third-order valence-electron chi connectivity index (χ3n) is 0.287. The lowest BCUT2D eigenvalue weighted by Crippen LogP contribution is -2.16. The van der Waals surface area contributed by atoms with Crippen LogP contribution in [0.3, 0.4) is 0 Å². The third-order valence-corrected chi connectivity index (χ3v) is 0.287. The van der Waals surface area contributed by atoms with Crippen LogP contribution in [0.1, 0.15) is 1.43 Å². The van der Waals surface area contributed by atoms with Gasteiger partial charge in [-0.05, 0) is 0 Å². The predicted molar refractivity (Wildman–Crippen MR) is 23.2 cm³/mol. The van der Waals surface area contributed by atoms with Crippen molar-refractivity contribution >= 4 is 5.91 Å². The zero-order valence-corrected chi connectivity index (χ0v) is 3.60. The van der Waals surface area contributed by atoms with Crippen molar-refractivity contribution in [3.8, 4) is 0 Å². The first-order valence-electron chi connectivity index (χ1n) is 1.54. The van der Waals surface area contributed by atoms with Crippen LogP contribution >= 0.6 is 0 Å². The molecule has 0 saturated heterocycles. The van der Waals surface area contributed by atoms with E-state index in [4.69, 9.17) is 0 Å². The Morgan fingerprint density at radius 2 is 2.67 bits per heavy atom. The lowest BCUT2D eigenvalue weighted by Gasteiger charge is -1.85. The van der Waals surface area contributed by atoms with Crippen LogP contribution in [0.15, 0.2) is 0 Å². The lowest BCUT2D eigenvalue weighted by molar-refractivity contribution is -0.121. The quantitative estimate of drug-likeness (QED) is 0.491. The highest BCUT2D eigenvalue weighted by atomic mass is 16.5. The Hall–Kier alpha value is -0.570. The first-order valence-corrected chi connectivity index (χ1v) is 1.54. The monoisotopic (exact) mass is 91.1 g/mol. The molecular formula is C3H9NO2. The standard InChI is InChI=1S/C3H7NO2.H2/c1-6-2-3(4)5;/h2H2,1H3,(H2,4,5);1H. The Morgan fingerprint density at radius 3 is 2.67 bits per heavy atom. The van der Waals surface area contributed by atoms with Gasteiger partial charge in [0.25, 0.3) is 0 Å². The second-order valence-electron chi connectivity index (χ2n) is 0.899. The molecule has 1 amide bonds. The Labute approximate surface area is 37.6 Å². The van der Waals surface area contributed by atoms with Crippen molar-refractivity contribution in [2.45, 2.75) is 0 Å². The smallest absolute Gasteiger partial charge is 0.243 e. The summed E-state index contributed by atoms with van der Waals surface area (Å²) < 4.78 is 4.33. The predicted octanol–water partition coefficient (Wildman–Crippen LogP) is -0.636. The van der Waals surface area contributed by atoms with Crippen molar-refractivity contribution in [1.82, 2.24) is 0 Å². The number of rotatable bonds is 2. The normalized spacial score (nSPS) is 8.17. The van der Waals surface area contributed by atoms with Gasteiger partial charge < -0.3 is 10.5 Å². The Kier molecular flexibility index (Phi) is 2.40. The van der Waals surface area contributed by atoms with E-state index >= 15 is 0 Å². The van der Waals surface area contributed by atoms with E-state index in [0.717, 1.165) is 0 Å². The minimum absolute atomic E-state index is 0. The summed E-state index contributed by atoms with van der Waals surface area (Å²) in [6, 6.07) is 0. The number of ether oxygens (including phenoxy) is 1. The minimum atomic E-state index is -0.433. The van der Waals surface area contributed by atoms with Crippen LogP contribution < -0.4 is 5.73 Å². The summed E-state index contributed by atoms with van der Waals surface area (Å²) in [5.41, 5.74) is 4.64. The Morgan fingerprint density at radius 1 is 2.17 bits per heavy atom. The molecule has 0 aliphatic carbocycles. The molecule has 2 N–H and O–H groups in total. The van der Waals surface area contributed by atoms with Gasteiger partial charge in [-0.3, -0.25) is 4.79 Å². The molecular weight excluding hydrogens is 82.0 g/mol. The van der Waals surface area contributed by atoms with Crippen molar-refractivity contribution in [3.63, 3.8) is 0 Å². The Balaban J connectivity index is 0. The fourth-order valence-electron chi connectivity index (χ4n) is 0.142. The lowest BCUT2D eigenvalue weighted by atomic mass is 10.7. The van der Waals surface area contributed by atoms with Gasteiger partial charge in [-0.15, -0.1) is 0 Å². The third kappa shape index (κ3) is 3.43. The Bertz CT molecular complexity index is 56.9. The molecule has 3 heteroatoms. The molecule has 0 bridgehead atoms. The molecule has 0 fully saturated rings. The van der Waals surface area contributed by atoms with Gasteiger partial charge in [0, 0.05) is 8.54 Å². The molecule has 0 atom stereocenters. The highest BCUT2D eigenvalue weighted by Crippen LogP contribution is 1.58. The van der Waals surface area contributed by atoms with E-state index in [1.807, 2.05) is 0 Å². The SMILES string of the molecule is COCC(N)=O.[HH]. The average molecular weight is 91.1 g/mol. The summed E-state index contributed by atoms with van der Waals surface area (Å²) in [7, 11) is 1.42. The number of hydrogen-bond acceptors (Lipinski definition) is 2. The highest BCUT2D eigenvalue weighted by Gasteiger charge is 1.84. The molecule has 0 aliphatic heterocycles. The summed E-state index contributed by atoms with van der Waals surface area (Å²) in [6.07, 6.45) is 0. The van der Waals surface area contributed by atoms with Crippen molar-refractivity contribution in [3.05, 3.63) is 0 Å². The summed E-state index contributed by atoms with van der Waals surface area (Å²) in [5.74, 6) is -0.433. The van der Waals surface area contributed by atoms with E-state index in [2.05, 4.69) is 10.5 Å². The van der Waals surface area contributed by atoms with Crippen LogP contribution in [0, 0.1) is 0 Å². The second-order valence-corrected chi connectivity index (χ2v) is 0.899. The van der Waals surface area contributed by atoms with E-state index in [-0.39, 0.29) is 8.03 Å². The van der Waals surface area contributed by atoms with Crippen LogP contribution in [0.25, 0.3) is 0 Å². The second kappa shape index (κ2) is 2.66. The highest BCUT2D eigenvalue weighted by molar-refractivity contribution is 5.74. The van der Waals surface area contributed by atoms with Gasteiger partial charge in [-0.25, -0.2) is 0 Å². The van der Waals surface area contributed by atoms with Crippen molar-refractivity contribution in [1.29, 1.82) is 0 Å². The van der Waals surface area contributed by atoms with E-state index in [9.17, 15) is 4.79 Å². The number of primary amides is 1. The first kappa shape index (κ1) is 5.43. The van der Waals surface area contributed by atoms with Gasteiger partial charge in [0.05, 0.1) is 0 Å². The summed E-state index contributed by atoms with van der Waals surface area (Å²) >= 11 is 0. The molecule has 0 saturated carbocycles. The summed E-state index contributed by atoms with van der Waals surface area (Å²) in [5, 5.41) is 0. The number of carbonyl (C=O) groups is 1. The van der Waals surface area contributed by atoms with Gasteiger partial charge >= 0.3 is 0 Å². The molecule has 0 heterocycles. The molecule has 6 heavy (non-hydrogen) atoms. The van der Waals surface area contributed by atoms with Gasteiger partial charge in [0.1, 0.15) is 6.61 Å². The largest absolute Gasteiger partial charge is 0.375 e. The van der Waals surface area contributed by atoms with Crippen molar-refractivity contribution < 1.29 is 11.0 Å². The van der Waals surface area contributed by atoms with Crippen LogP contribution in [0.4, 0.5) is 0 Å². The maximum Gasteiger partial charge on any atom is 0.243 e. The van der Waals surface area contributed by atoms with Gasteiger partial charge in [0.2, 0.25) is 5.91 Å². The number of hydrogen-bond donors (Lipinski definition) is 1. The fourth-order valence-corrected chi connectivity index (χ4v) is 0.142. The maximum atomic E-state index is 9.70. The summed E-state index contributed by atoms with van der Waals surface area (Å²) in [4.78, 5) is 9.70. The first-order chi connectivity index (χ1) is 2.77.